The Balaban J connectivity index is -0.000000142. The number of rotatable bonds is 64. The third-order valence-corrected chi connectivity index (χ3v) is 16.7. The maximum atomic E-state index is 10.2. The first-order chi connectivity index (χ1) is 42.3. The molecule has 0 bridgehead atoms. The topological polar surface area (TPSA) is 436 Å². The van der Waals surface area contributed by atoms with Crippen molar-refractivity contribution < 1.29 is 122 Å². The van der Waals surface area contributed by atoms with Crippen LogP contribution in [0.4, 0.5) is 0 Å². The van der Waals surface area contributed by atoms with Crippen molar-refractivity contribution in [1.29, 1.82) is 0 Å². The van der Waals surface area contributed by atoms with Crippen LogP contribution in [0.15, 0.2) is 0 Å². The Morgan fingerprint density at radius 2 is 0.301 bits per heavy atom. The number of hydrogen-bond donors (Lipinski definition) is 8. The van der Waals surface area contributed by atoms with Crippen molar-refractivity contribution in [1.82, 2.24) is 0 Å². The predicted molar refractivity (Wildman–Crippen MR) is 352 cm³/mol. The molecule has 93 heavy (non-hydrogen) atoms. The van der Waals surface area contributed by atoms with Crippen molar-refractivity contribution in [2.75, 3.05) is 0 Å². The molecule has 564 valence electrons. The number of hydrogen-bond acceptors (Lipinski definition) is 16. The Labute approximate surface area is 579 Å². The fourth-order valence-corrected chi connectivity index (χ4v) is 10.7. The van der Waals surface area contributed by atoms with E-state index >= 15 is 0 Å². The Kier molecular flexibility index (Phi) is 104. The predicted octanol–water partition coefficient (Wildman–Crippen LogP) is 11.3. The molecule has 0 aliphatic rings. The normalized spacial score (nSPS) is 13.2. The quantitative estimate of drug-likeness (QED) is 0.0262. The van der Waals surface area contributed by atoms with E-state index in [1.807, 2.05) is 0 Å². The van der Waals surface area contributed by atoms with E-state index in [1.165, 1.54) is 103 Å². The van der Waals surface area contributed by atoms with Crippen LogP contribution in [0.5, 0.6) is 0 Å². The zero-order chi connectivity index (χ0) is 66.5. The minimum atomic E-state index is -0.978. The van der Waals surface area contributed by atoms with Crippen molar-refractivity contribution in [3.05, 3.63) is 0 Å². The summed E-state index contributed by atoms with van der Waals surface area (Å²) >= 11 is 0. The maximum absolute atomic E-state index is 10.2. The van der Waals surface area contributed by atoms with E-state index in [0.717, 1.165) is 154 Å². The van der Waals surface area contributed by atoms with Gasteiger partial charge in [0, 0.05) is 23.9 Å². The van der Waals surface area contributed by atoms with Crippen LogP contribution in [0.2, 0.25) is 0 Å². The molecule has 20 nitrogen and oxygen atoms in total. The number of aliphatic hydroxyl groups excluding tert-OH is 8. The van der Waals surface area contributed by atoms with E-state index in [9.17, 15) is 80.5 Å². The fraction of sp³-hybridized carbons (Fsp3) is 0.944. The smallest absolute Gasteiger partial charge is 2.00 e. The summed E-state index contributed by atoms with van der Waals surface area (Å²) in [5, 5.41) is 120. The number of carbonyl (C=O) groups is 4. The number of carboxylic acids is 4. The molecule has 0 saturated carbocycles. The van der Waals surface area contributed by atoms with Gasteiger partial charge >= 0.3 is 19.8 Å². The second-order valence-electron chi connectivity index (χ2n) is 25.5. The zero-order valence-electron chi connectivity index (χ0n) is 59.0. The summed E-state index contributed by atoms with van der Waals surface area (Å²) in [6.45, 7) is 8.79. The monoisotopic (exact) mass is 1520 g/mol. The van der Waals surface area contributed by atoms with Crippen molar-refractivity contribution in [2.24, 2.45) is 0 Å². The minimum absolute atomic E-state index is 0. The fourth-order valence-electron chi connectivity index (χ4n) is 10.7. The van der Waals surface area contributed by atoms with Crippen LogP contribution in [0.3, 0.4) is 0 Å². The molecule has 0 radical (unpaired) electrons. The van der Waals surface area contributed by atoms with Gasteiger partial charge in [-0.25, -0.2) is 0 Å². The SMILES string of the molecule is CCCCCCCCC(O)C(O)CCCCCCCC(=O)[O-].CCCCCCCCC(O)C(O)CCCCCCCC(=O)[O-].CCCCCCCCC(O)C(O)CCCCCCCC(=O)[O-].CCCCCCCC[C@@H](O)[C@@H](O)CCCCCCCC(=O)[O-].[O-2].[O-2].[O-2].[O-2].[Os+4]. The van der Waals surface area contributed by atoms with Crippen LogP contribution >= 0.6 is 0 Å². The molecular weight excluding hydrogens is 1380 g/mol. The summed E-state index contributed by atoms with van der Waals surface area (Å²) in [5.74, 6) is -3.91. The molecule has 0 spiro atoms. The minimum Gasteiger partial charge on any atom is -2.00 e. The van der Waals surface area contributed by atoms with Crippen molar-refractivity contribution in [2.45, 2.75) is 436 Å². The molecule has 6 unspecified atom stereocenters. The molecule has 0 amide bonds. The molecule has 0 saturated heterocycles. The first-order valence-corrected chi connectivity index (χ1v) is 36.5. The Hall–Kier alpha value is -1.96. The summed E-state index contributed by atoms with van der Waals surface area (Å²) < 4.78 is 0. The largest absolute Gasteiger partial charge is 4.00 e. The first-order valence-electron chi connectivity index (χ1n) is 36.5. The standard InChI is InChI=1S/4C18H36O4.4O.Os/c4*1-2-3-4-5-7-10-13-16(19)17(20)14-11-8-6-9-12-15-18(21)22;;;;;/h4*16-17,19-20H,2-15H2,1H3,(H,21,22);;;;;/q;;;;4*-2;+4/p-4/t16-,17+;;;;;;;;/m1......../s1. The average Bonchev–Trinajstić information content (AvgIpc) is 3.68. The molecule has 8 atom stereocenters. The summed E-state index contributed by atoms with van der Waals surface area (Å²) in [6.07, 6.45) is 47.3. The number of carboxylic acid groups (broad SMARTS) is 4. The van der Waals surface area contributed by atoms with Gasteiger partial charge in [0.1, 0.15) is 0 Å². The van der Waals surface area contributed by atoms with Gasteiger partial charge in [-0.1, -0.05) is 285 Å². The van der Waals surface area contributed by atoms with Gasteiger partial charge in [-0.3, -0.25) is 0 Å². The van der Waals surface area contributed by atoms with Gasteiger partial charge in [0.15, 0.2) is 0 Å². The molecule has 0 aromatic carbocycles. The van der Waals surface area contributed by atoms with Crippen LogP contribution in [-0.2, 0) is 60.9 Å². The Bertz CT molecular complexity index is 1250. The number of unbranched alkanes of at least 4 members (excludes halogenated alkanes) is 36. The van der Waals surface area contributed by atoms with Gasteiger partial charge in [0.05, 0.1) is 48.8 Å². The van der Waals surface area contributed by atoms with Crippen LogP contribution in [-0.4, -0.2) is 114 Å². The third-order valence-electron chi connectivity index (χ3n) is 16.7. The van der Waals surface area contributed by atoms with Gasteiger partial charge in [0.25, 0.3) is 0 Å². The molecule has 8 N–H and O–H groups in total. The molecule has 0 aromatic rings. The molecule has 0 aliphatic heterocycles. The van der Waals surface area contributed by atoms with Crippen LogP contribution in [0, 0.1) is 0 Å². The summed E-state index contributed by atoms with van der Waals surface area (Å²) in [5.41, 5.74) is 0. The van der Waals surface area contributed by atoms with Gasteiger partial charge < -0.3 is 102 Å². The molecule has 0 fully saturated rings. The maximum Gasteiger partial charge on any atom is 4.00 e. The molecule has 0 aliphatic carbocycles. The van der Waals surface area contributed by atoms with Crippen LogP contribution in [0.1, 0.15) is 387 Å². The van der Waals surface area contributed by atoms with E-state index in [1.54, 1.807) is 0 Å². The molecule has 0 heterocycles. The molecule has 0 aromatic heterocycles. The van der Waals surface area contributed by atoms with E-state index in [4.69, 9.17) is 0 Å². The summed E-state index contributed by atoms with van der Waals surface area (Å²) in [4.78, 5) is 41.0. The van der Waals surface area contributed by atoms with Gasteiger partial charge in [-0.2, -0.15) is 0 Å². The van der Waals surface area contributed by atoms with E-state index < -0.39 is 72.7 Å². The molecule has 0 rings (SSSR count). The summed E-state index contributed by atoms with van der Waals surface area (Å²) in [6, 6.07) is 0. The van der Waals surface area contributed by atoms with E-state index in [2.05, 4.69) is 27.7 Å². The Morgan fingerprint density at radius 1 is 0.204 bits per heavy atom. The van der Waals surface area contributed by atoms with Gasteiger partial charge in [0.2, 0.25) is 0 Å². The number of carbonyl (C=O) groups excluding carboxylic acids is 4. The third kappa shape index (κ3) is 94.3. The average molecular weight is 1520 g/mol. The number of aliphatic carboxylic acids is 4. The molecule has 21 heteroatoms. The van der Waals surface area contributed by atoms with Crippen molar-refractivity contribution in [3.8, 4) is 0 Å². The second kappa shape index (κ2) is 88.0. The molecular formula is C72H140O20Os-8. The number of aliphatic hydroxyl groups is 8. The van der Waals surface area contributed by atoms with Crippen LogP contribution < -0.4 is 20.4 Å². The van der Waals surface area contributed by atoms with E-state index in [-0.39, 0.29) is 67.4 Å². The van der Waals surface area contributed by atoms with Crippen molar-refractivity contribution >= 4 is 23.9 Å². The van der Waals surface area contributed by atoms with Gasteiger partial charge in [-0.05, 0) is 103 Å². The first kappa shape index (κ1) is 110. The Morgan fingerprint density at radius 3 is 0.409 bits per heavy atom. The zero-order valence-corrected chi connectivity index (χ0v) is 61.6. The summed E-state index contributed by atoms with van der Waals surface area (Å²) in [7, 11) is 0. The second-order valence-corrected chi connectivity index (χ2v) is 25.5. The van der Waals surface area contributed by atoms with Crippen molar-refractivity contribution in [3.63, 3.8) is 0 Å². The van der Waals surface area contributed by atoms with Gasteiger partial charge in [-0.15, -0.1) is 0 Å². The van der Waals surface area contributed by atoms with Crippen LogP contribution in [0.25, 0.3) is 0 Å². The van der Waals surface area contributed by atoms with E-state index in [0.29, 0.717) is 77.0 Å².